The Hall–Kier alpha value is -3.29. The third-order valence-corrected chi connectivity index (χ3v) is 5.12. The van der Waals surface area contributed by atoms with Crippen LogP contribution < -0.4 is 10.9 Å². The van der Waals surface area contributed by atoms with Gasteiger partial charge in [-0.05, 0) is 25.0 Å². The second-order valence-electron chi connectivity index (χ2n) is 7.01. The molecule has 0 saturated heterocycles. The maximum atomic E-state index is 12.6. The molecule has 2 aromatic heterocycles. The lowest BCUT2D eigenvalue weighted by Crippen LogP contribution is -2.26. The largest absolute Gasteiger partial charge is 0.345 e. The highest BCUT2D eigenvalue weighted by Crippen LogP contribution is 2.28. The van der Waals surface area contributed by atoms with Crippen molar-refractivity contribution < 1.29 is 4.79 Å². The van der Waals surface area contributed by atoms with Gasteiger partial charge >= 0.3 is 0 Å². The van der Waals surface area contributed by atoms with E-state index in [9.17, 15) is 9.59 Å². The SMILES string of the molecule is O=C(NCc1nncn1C1CCCCC1)c1cccc(-c2cc(=O)[nH]cn2)c1. The smallest absolute Gasteiger partial charge is 0.251 e. The fraction of sp³-hybridized carbons (Fsp3) is 0.350. The highest BCUT2D eigenvalue weighted by atomic mass is 16.1. The van der Waals surface area contributed by atoms with Crippen LogP contribution in [-0.4, -0.2) is 30.6 Å². The molecule has 0 aliphatic heterocycles. The fourth-order valence-electron chi connectivity index (χ4n) is 3.66. The summed E-state index contributed by atoms with van der Waals surface area (Å²) in [4.78, 5) is 30.7. The van der Waals surface area contributed by atoms with Gasteiger partial charge in [-0.15, -0.1) is 10.2 Å². The summed E-state index contributed by atoms with van der Waals surface area (Å²) in [5.74, 6) is 0.567. The van der Waals surface area contributed by atoms with Crippen molar-refractivity contribution in [2.24, 2.45) is 0 Å². The second-order valence-corrected chi connectivity index (χ2v) is 7.01. The van der Waals surface area contributed by atoms with Gasteiger partial charge in [0.25, 0.3) is 11.5 Å². The molecule has 144 valence electrons. The molecular weight excluding hydrogens is 356 g/mol. The molecule has 1 aliphatic rings. The van der Waals surface area contributed by atoms with Crippen LogP contribution in [0.3, 0.4) is 0 Å². The molecule has 1 aromatic carbocycles. The van der Waals surface area contributed by atoms with Crippen molar-refractivity contribution in [2.45, 2.75) is 44.7 Å². The zero-order chi connectivity index (χ0) is 19.3. The molecule has 0 unspecified atom stereocenters. The van der Waals surface area contributed by atoms with Crippen molar-refractivity contribution in [2.75, 3.05) is 0 Å². The van der Waals surface area contributed by atoms with E-state index in [-0.39, 0.29) is 11.5 Å². The van der Waals surface area contributed by atoms with Crippen LogP contribution in [0, 0.1) is 0 Å². The number of aromatic nitrogens is 5. The number of amides is 1. The molecule has 0 atom stereocenters. The van der Waals surface area contributed by atoms with Crippen LogP contribution in [0.2, 0.25) is 0 Å². The first-order valence-corrected chi connectivity index (χ1v) is 9.52. The Bertz CT molecular complexity index is 1020. The topological polar surface area (TPSA) is 106 Å². The van der Waals surface area contributed by atoms with Gasteiger partial charge < -0.3 is 14.9 Å². The fourth-order valence-corrected chi connectivity index (χ4v) is 3.66. The molecule has 0 spiro atoms. The zero-order valence-electron chi connectivity index (χ0n) is 15.5. The highest BCUT2D eigenvalue weighted by Gasteiger charge is 2.19. The Morgan fingerprint density at radius 3 is 2.89 bits per heavy atom. The lowest BCUT2D eigenvalue weighted by Gasteiger charge is -2.24. The molecule has 1 aliphatic carbocycles. The van der Waals surface area contributed by atoms with Crippen molar-refractivity contribution in [3.8, 4) is 11.3 Å². The van der Waals surface area contributed by atoms with Crippen molar-refractivity contribution in [3.63, 3.8) is 0 Å². The van der Waals surface area contributed by atoms with E-state index >= 15 is 0 Å². The molecule has 8 heteroatoms. The predicted octanol–water partition coefficient (Wildman–Crippen LogP) is 2.46. The van der Waals surface area contributed by atoms with Crippen LogP contribution in [0.5, 0.6) is 0 Å². The van der Waals surface area contributed by atoms with Crippen molar-refractivity contribution in [1.29, 1.82) is 0 Å². The lowest BCUT2D eigenvalue weighted by molar-refractivity contribution is 0.0949. The highest BCUT2D eigenvalue weighted by molar-refractivity contribution is 5.95. The van der Waals surface area contributed by atoms with Crippen LogP contribution in [0.15, 0.2) is 47.8 Å². The number of nitrogens with zero attached hydrogens (tertiary/aromatic N) is 4. The molecule has 1 amide bonds. The third kappa shape index (κ3) is 4.00. The Morgan fingerprint density at radius 2 is 2.07 bits per heavy atom. The minimum atomic E-state index is -0.234. The Labute approximate surface area is 162 Å². The molecule has 4 rings (SSSR count). The molecule has 28 heavy (non-hydrogen) atoms. The normalized spacial score (nSPS) is 14.7. The maximum Gasteiger partial charge on any atom is 0.251 e. The summed E-state index contributed by atoms with van der Waals surface area (Å²) >= 11 is 0. The van der Waals surface area contributed by atoms with Crippen molar-refractivity contribution in [1.82, 2.24) is 30.0 Å². The van der Waals surface area contributed by atoms with Gasteiger partial charge in [0, 0.05) is 23.2 Å². The number of hydrogen-bond donors (Lipinski definition) is 2. The number of carbonyl (C=O) groups excluding carboxylic acids is 1. The number of carbonyl (C=O) groups is 1. The van der Waals surface area contributed by atoms with E-state index in [0.29, 0.717) is 29.4 Å². The summed E-state index contributed by atoms with van der Waals surface area (Å²) in [7, 11) is 0. The Morgan fingerprint density at radius 1 is 1.21 bits per heavy atom. The van der Waals surface area contributed by atoms with Crippen LogP contribution in [0.4, 0.5) is 0 Å². The van der Waals surface area contributed by atoms with Gasteiger partial charge in [-0.2, -0.15) is 0 Å². The number of aromatic amines is 1. The number of hydrogen-bond acceptors (Lipinski definition) is 5. The van der Waals surface area contributed by atoms with Crippen LogP contribution in [0.1, 0.15) is 54.3 Å². The summed E-state index contributed by atoms with van der Waals surface area (Å²) in [5, 5.41) is 11.1. The van der Waals surface area contributed by atoms with E-state index in [4.69, 9.17) is 0 Å². The molecule has 0 radical (unpaired) electrons. The first-order chi connectivity index (χ1) is 13.7. The van der Waals surface area contributed by atoms with Gasteiger partial charge in [0.05, 0.1) is 18.6 Å². The number of nitrogens with one attached hydrogen (secondary N) is 2. The zero-order valence-corrected chi connectivity index (χ0v) is 15.5. The number of rotatable bonds is 5. The minimum absolute atomic E-state index is 0.204. The van der Waals surface area contributed by atoms with E-state index < -0.39 is 0 Å². The molecular formula is C20H22N6O2. The summed E-state index contributed by atoms with van der Waals surface area (Å²) in [5.41, 5.74) is 1.50. The van der Waals surface area contributed by atoms with E-state index in [0.717, 1.165) is 18.7 Å². The first-order valence-electron chi connectivity index (χ1n) is 9.52. The first kappa shape index (κ1) is 18.1. The van der Waals surface area contributed by atoms with Gasteiger partial charge in [-0.3, -0.25) is 9.59 Å². The molecule has 3 aromatic rings. The summed E-state index contributed by atoms with van der Waals surface area (Å²) < 4.78 is 2.09. The molecule has 0 bridgehead atoms. The van der Waals surface area contributed by atoms with Crippen LogP contribution in [0.25, 0.3) is 11.3 Å². The van der Waals surface area contributed by atoms with Crippen LogP contribution in [-0.2, 0) is 6.54 Å². The predicted molar refractivity (Wildman–Crippen MR) is 104 cm³/mol. The van der Waals surface area contributed by atoms with Gasteiger partial charge in [0.2, 0.25) is 0 Å². The average Bonchev–Trinajstić information content (AvgIpc) is 3.21. The van der Waals surface area contributed by atoms with E-state index in [1.54, 1.807) is 24.5 Å². The van der Waals surface area contributed by atoms with E-state index in [1.807, 2.05) is 6.07 Å². The molecule has 1 saturated carbocycles. The summed E-state index contributed by atoms with van der Waals surface area (Å²) in [6.07, 6.45) is 9.09. The Balaban J connectivity index is 1.46. The maximum absolute atomic E-state index is 12.6. The van der Waals surface area contributed by atoms with E-state index in [1.165, 1.54) is 31.7 Å². The van der Waals surface area contributed by atoms with Gasteiger partial charge in [-0.25, -0.2) is 4.98 Å². The quantitative estimate of drug-likeness (QED) is 0.709. The standard InChI is InChI=1S/C20H22N6O2/c27-19-10-17(22-12-23-19)14-5-4-6-15(9-14)20(28)21-11-18-25-24-13-26(18)16-7-2-1-3-8-16/h4-6,9-10,12-13,16H,1-3,7-8,11H2,(H,21,28)(H,22,23,27). The molecule has 8 nitrogen and oxygen atoms in total. The molecule has 2 N–H and O–H groups in total. The van der Waals surface area contributed by atoms with Gasteiger partial charge in [0.1, 0.15) is 6.33 Å². The monoisotopic (exact) mass is 378 g/mol. The third-order valence-electron chi connectivity index (χ3n) is 5.12. The van der Waals surface area contributed by atoms with Gasteiger partial charge in [-0.1, -0.05) is 31.4 Å². The summed E-state index contributed by atoms with van der Waals surface area (Å²) in [6, 6.07) is 8.88. The second kappa shape index (κ2) is 8.16. The van der Waals surface area contributed by atoms with Crippen LogP contribution >= 0.6 is 0 Å². The van der Waals surface area contributed by atoms with E-state index in [2.05, 4.69) is 30.0 Å². The average molecular weight is 378 g/mol. The lowest BCUT2D eigenvalue weighted by atomic mass is 9.95. The number of benzene rings is 1. The number of H-pyrrole nitrogens is 1. The van der Waals surface area contributed by atoms with Gasteiger partial charge in [0.15, 0.2) is 5.82 Å². The van der Waals surface area contributed by atoms with Crippen molar-refractivity contribution in [3.05, 3.63) is 64.7 Å². The molecule has 2 heterocycles. The summed E-state index contributed by atoms with van der Waals surface area (Å²) in [6.45, 7) is 0.322. The molecule has 1 fully saturated rings. The minimum Gasteiger partial charge on any atom is -0.345 e. The Kier molecular flexibility index (Phi) is 5.27. The van der Waals surface area contributed by atoms with Crippen molar-refractivity contribution >= 4 is 5.91 Å².